The summed E-state index contributed by atoms with van der Waals surface area (Å²) in [7, 11) is 26.1. The molecule has 0 bridgehead atoms. The van der Waals surface area contributed by atoms with Gasteiger partial charge in [0, 0.05) is 98.4 Å². The lowest BCUT2D eigenvalue weighted by Crippen LogP contribution is -2.37. The molecular formula is C77H178N8S9Si7. The summed E-state index contributed by atoms with van der Waals surface area (Å²) in [6.45, 7) is 30.1. The van der Waals surface area contributed by atoms with Gasteiger partial charge in [-0.25, -0.2) is 0 Å². The van der Waals surface area contributed by atoms with Crippen molar-refractivity contribution in [1.82, 2.24) is 39.2 Å². The predicted molar refractivity (Wildman–Crippen MR) is 520 cm³/mol. The quantitative estimate of drug-likeness (QED) is 0.0355. The summed E-state index contributed by atoms with van der Waals surface area (Å²) in [5, 5.41) is 0. The van der Waals surface area contributed by atoms with E-state index in [0.717, 1.165) is 5.75 Å². The molecule has 0 fully saturated rings. The van der Waals surface area contributed by atoms with Gasteiger partial charge in [-0.2, -0.15) is 107 Å². The second-order valence-electron chi connectivity index (χ2n) is 36.3. The van der Waals surface area contributed by atoms with Crippen molar-refractivity contribution in [3.63, 3.8) is 0 Å². The van der Waals surface area contributed by atoms with Gasteiger partial charge in [-0.1, -0.05) is 169 Å². The van der Waals surface area contributed by atoms with Crippen LogP contribution < -0.4 is 0 Å². The molecule has 0 saturated heterocycles. The van der Waals surface area contributed by atoms with Gasteiger partial charge in [-0.05, 0) is 219 Å². The van der Waals surface area contributed by atoms with Crippen LogP contribution in [-0.4, -0.2) is 359 Å². The molecule has 0 aliphatic carbocycles. The number of thioether (sulfide) groups is 8. The average molecular weight is 1700 g/mol. The van der Waals surface area contributed by atoms with Crippen molar-refractivity contribution in [3.8, 4) is 0 Å². The Bertz CT molecular complexity index is 1580. The smallest absolute Gasteiger partial charge is 0.0520 e. The molecule has 0 N–H and O–H groups in total. The van der Waals surface area contributed by atoms with E-state index in [0.29, 0.717) is 0 Å². The largest absolute Gasteiger partial charge is 0.309 e. The molecule has 0 spiro atoms. The summed E-state index contributed by atoms with van der Waals surface area (Å²) in [6, 6.07) is 33.0. The molecular weight excluding hydrogens is 1520 g/mol. The maximum atomic E-state index is 4.88. The normalized spacial score (nSPS) is 13.5. The van der Waals surface area contributed by atoms with Crippen LogP contribution in [0.15, 0.2) is 0 Å². The van der Waals surface area contributed by atoms with E-state index in [1.807, 2.05) is 0 Å². The summed E-state index contributed by atoms with van der Waals surface area (Å²) in [5.74, 6) is 22.5. The molecule has 0 amide bonds. The molecule has 0 unspecified atom stereocenters. The van der Waals surface area contributed by atoms with Crippen LogP contribution in [0.1, 0.15) is 51.4 Å². The van der Waals surface area contributed by atoms with Crippen LogP contribution in [0.25, 0.3) is 0 Å². The topological polar surface area (TPSA) is 25.9 Å². The predicted octanol–water partition coefficient (Wildman–Crippen LogP) is 20.9. The molecule has 24 heteroatoms. The summed E-state index contributed by atoms with van der Waals surface area (Å²) < 4.78 is 0. The molecule has 0 aliphatic heterocycles. The number of nitrogens with zero attached hydrogens (tertiary/aromatic N) is 8. The number of rotatable bonds is 76. The summed E-state index contributed by atoms with van der Waals surface area (Å²) in [5.41, 5.74) is 0. The van der Waals surface area contributed by atoms with E-state index in [9.17, 15) is 0 Å². The van der Waals surface area contributed by atoms with Gasteiger partial charge in [0.05, 0.1) is 56.5 Å². The van der Waals surface area contributed by atoms with Gasteiger partial charge in [0.15, 0.2) is 0 Å². The number of hydrogen-bond donors (Lipinski definition) is 1. The van der Waals surface area contributed by atoms with Gasteiger partial charge in [0.2, 0.25) is 0 Å². The van der Waals surface area contributed by atoms with Gasteiger partial charge in [0.25, 0.3) is 0 Å². The average Bonchev–Trinajstić information content (AvgIpc) is 0.871. The lowest BCUT2D eigenvalue weighted by atomic mass is 10.4. The Labute approximate surface area is 682 Å². The van der Waals surface area contributed by atoms with Crippen molar-refractivity contribution in [2.75, 3.05) is 263 Å². The maximum Gasteiger partial charge on any atom is 0.0520 e. The van der Waals surface area contributed by atoms with E-state index in [1.165, 1.54) is 231 Å². The molecule has 0 aliphatic rings. The monoisotopic (exact) mass is 1700 g/mol. The summed E-state index contributed by atoms with van der Waals surface area (Å²) in [4.78, 5) is 19.1. The first kappa shape index (κ1) is 105. The van der Waals surface area contributed by atoms with Gasteiger partial charge in [0.1, 0.15) is 0 Å². The Kier molecular flexibility index (Phi) is 66.4. The van der Waals surface area contributed by atoms with Crippen LogP contribution >= 0.6 is 107 Å². The lowest BCUT2D eigenvalue weighted by molar-refractivity contribution is 0.437. The van der Waals surface area contributed by atoms with Crippen LogP contribution in [0.2, 0.25) is 173 Å². The minimum atomic E-state index is -1.49. The highest BCUT2D eigenvalue weighted by atomic mass is 32.2. The fourth-order valence-corrected chi connectivity index (χ4v) is 61.3. The first-order valence-electron chi connectivity index (χ1n) is 41.0. The highest BCUT2D eigenvalue weighted by Gasteiger charge is 2.37. The van der Waals surface area contributed by atoms with Crippen LogP contribution in [0.3, 0.4) is 0 Å². The molecule has 0 radical (unpaired) electrons. The van der Waals surface area contributed by atoms with Crippen LogP contribution in [0.5, 0.6) is 0 Å². The van der Waals surface area contributed by atoms with E-state index >= 15 is 0 Å². The summed E-state index contributed by atoms with van der Waals surface area (Å²) >= 11 is 23.0. The third-order valence-corrected chi connectivity index (χ3v) is 65.7. The third-order valence-electron chi connectivity index (χ3n) is 22.8. The van der Waals surface area contributed by atoms with E-state index in [-0.39, 0.29) is 0 Å². The summed E-state index contributed by atoms with van der Waals surface area (Å²) in [6.07, 6.45) is 12.0. The Morgan fingerprint density at radius 3 is 0.406 bits per heavy atom. The second-order valence-corrected chi connectivity index (χ2v) is 82.4. The van der Waals surface area contributed by atoms with E-state index in [4.69, 9.17) is 12.6 Å². The maximum absolute atomic E-state index is 4.88. The molecule has 0 saturated carbocycles. The van der Waals surface area contributed by atoms with Crippen molar-refractivity contribution in [3.05, 3.63) is 0 Å². The molecule has 0 heterocycles. The zero-order chi connectivity index (χ0) is 76.0. The minimum absolute atomic E-state index is 1.07. The van der Waals surface area contributed by atoms with Crippen molar-refractivity contribution >= 4 is 163 Å². The van der Waals surface area contributed by atoms with Gasteiger partial charge < -0.3 is 39.2 Å². The van der Waals surface area contributed by atoms with E-state index < -0.39 is 56.5 Å². The Morgan fingerprint density at radius 2 is 0.287 bits per heavy atom. The standard InChI is InChI=1S/C77H178N8S9Si7/c1-78(2)32-41-87-49-70-98(20,71-50-88-42-33-79(3)4)66-28-62-96(18,63-29-67-99(21,72-51-89-43-34-80(5)6)73-52-90-44-35-81(7)8)60-26-58-95(17,57-25-24-40-86)59-27-61-97(19,64-30-68-100(22,74-53-91-45-36-82(9)10)75-54-92-46-37-83(11)12)65-31-69-101(23,76-55-93-47-38-84(13)14)77-56-94-48-39-85(15)16/h86H,24-77H2,1-23H3. The highest BCUT2D eigenvalue weighted by Crippen LogP contribution is 2.41. The lowest BCUT2D eigenvalue weighted by Gasteiger charge is -2.36. The third kappa shape index (κ3) is 64.3. The highest BCUT2D eigenvalue weighted by molar-refractivity contribution is 8.01. The van der Waals surface area contributed by atoms with E-state index in [2.05, 4.69) is 292 Å². The molecule has 0 aromatic heterocycles. The first-order valence-corrected chi connectivity index (χ1v) is 72.8. The van der Waals surface area contributed by atoms with Gasteiger partial charge >= 0.3 is 0 Å². The zero-order valence-corrected chi connectivity index (χ0v) is 86.4. The SMILES string of the molecule is CN(C)CCSCC[Si](C)(CCC[Si](C)(CCC[Si](C)(CCCCS)CCC[Si](C)(CCC[Si](C)(CCSCCN(C)C)CCSCCN(C)C)CCC[Si](C)(CCSCCN(C)C)CCSCCN(C)C)CCC[Si](C)(CCSCCN(C)C)CCSCCN(C)C)CCSCCN(C)C. The fraction of sp³-hybridized carbons (Fsp3) is 1.00. The Hall–Kier alpha value is 4.35. The number of thiol groups is 1. The first-order chi connectivity index (χ1) is 47.6. The Morgan fingerprint density at radius 1 is 0.168 bits per heavy atom. The molecule has 608 valence electrons. The van der Waals surface area contributed by atoms with E-state index in [1.54, 1.807) is 91.4 Å². The molecule has 101 heavy (non-hydrogen) atoms. The van der Waals surface area contributed by atoms with Crippen molar-refractivity contribution < 1.29 is 0 Å². The van der Waals surface area contributed by atoms with Crippen molar-refractivity contribution in [2.24, 2.45) is 0 Å². The number of hydrogen-bond acceptors (Lipinski definition) is 17. The molecule has 8 nitrogen and oxygen atoms in total. The van der Waals surface area contributed by atoms with Gasteiger partial charge in [-0.15, -0.1) is 0 Å². The number of unbranched alkanes of at least 4 members (excludes halogenated alkanes) is 1. The fourth-order valence-electron chi connectivity index (χ4n) is 14.3. The zero-order valence-electron chi connectivity index (χ0n) is 72.0. The van der Waals surface area contributed by atoms with Crippen LogP contribution in [-0.2, 0) is 0 Å². The van der Waals surface area contributed by atoms with Gasteiger partial charge in [-0.3, -0.25) is 0 Å². The van der Waals surface area contributed by atoms with Crippen molar-refractivity contribution in [1.29, 1.82) is 0 Å². The molecule has 0 rings (SSSR count). The second kappa shape index (κ2) is 63.6. The van der Waals surface area contributed by atoms with Crippen LogP contribution in [0, 0.1) is 0 Å². The Balaban J connectivity index is 7.25. The molecule has 0 aromatic rings. The van der Waals surface area contributed by atoms with Crippen molar-refractivity contribution in [2.45, 2.75) is 224 Å². The molecule has 0 atom stereocenters. The van der Waals surface area contributed by atoms with Crippen LogP contribution in [0.4, 0.5) is 0 Å². The molecule has 0 aromatic carbocycles. The minimum Gasteiger partial charge on any atom is -0.309 e.